The first-order valence-electron chi connectivity index (χ1n) is 7.56. The Hall–Kier alpha value is -1.06. The monoisotopic (exact) mass is 259 g/mol. The van der Waals surface area contributed by atoms with E-state index in [-0.39, 0.29) is 6.04 Å². The first kappa shape index (κ1) is 12.9. The molecule has 0 aromatic heterocycles. The molecule has 1 unspecified atom stereocenters. The molecule has 1 aromatic carbocycles. The molecule has 0 bridgehead atoms. The minimum absolute atomic E-state index is 0.112. The molecule has 104 valence electrons. The Labute approximate surface area is 116 Å². The second-order valence-corrected chi connectivity index (χ2v) is 6.08. The van der Waals surface area contributed by atoms with Crippen LogP contribution in [0.5, 0.6) is 0 Å². The lowest BCUT2D eigenvalue weighted by Gasteiger charge is -2.37. The van der Waals surface area contributed by atoms with Crippen LogP contribution in [0.2, 0.25) is 0 Å². The Morgan fingerprint density at radius 2 is 1.84 bits per heavy atom. The van der Waals surface area contributed by atoms with Gasteiger partial charge in [-0.1, -0.05) is 18.2 Å². The van der Waals surface area contributed by atoms with Crippen LogP contribution < -0.4 is 10.6 Å². The molecule has 1 saturated carbocycles. The molecule has 2 aliphatic rings. The first-order chi connectivity index (χ1) is 9.24. The van der Waals surface area contributed by atoms with Gasteiger partial charge < -0.3 is 10.6 Å². The summed E-state index contributed by atoms with van der Waals surface area (Å²) in [4.78, 5) is 5.13. The maximum atomic E-state index is 6.09. The zero-order valence-electron chi connectivity index (χ0n) is 11.9. The molecule has 0 spiro atoms. The van der Waals surface area contributed by atoms with E-state index >= 15 is 0 Å². The predicted molar refractivity (Wildman–Crippen MR) is 80.4 cm³/mol. The van der Waals surface area contributed by atoms with E-state index in [0.717, 1.165) is 19.0 Å². The van der Waals surface area contributed by atoms with Gasteiger partial charge in [-0.25, -0.2) is 0 Å². The molecule has 1 aromatic rings. The number of piperazine rings is 1. The second kappa shape index (κ2) is 5.51. The van der Waals surface area contributed by atoms with Crippen molar-refractivity contribution in [1.29, 1.82) is 0 Å². The summed E-state index contributed by atoms with van der Waals surface area (Å²) >= 11 is 0. The van der Waals surface area contributed by atoms with Crippen molar-refractivity contribution in [3.8, 4) is 0 Å². The highest BCUT2D eigenvalue weighted by molar-refractivity contribution is 5.55. The van der Waals surface area contributed by atoms with Crippen molar-refractivity contribution >= 4 is 5.69 Å². The average molecular weight is 259 g/mol. The van der Waals surface area contributed by atoms with E-state index in [2.05, 4.69) is 41.0 Å². The third-order valence-corrected chi connectivity index (χ3v) is 4.35. The maximum absolute atomic E-state index is 6.09. The summed E-state index contributed by atoms with van der Waals surface area (Å²) in [5.74, 6) is 1.00. The van der Waals surface area contributed by atoms with Crippen molar-refractivity contribution in [3.63, 3.8) is 0 Å². The van der Waals surface area contributed by atoms with Gasteiger partial charge in [-0.2, -0.15) is 0 Å². The molecule has 3 rings (SSSR count). The number of hydrogen-bond donors (Lipinski definition) is 1. The molecule has 0 amide bonds. The topological polar surface area (TPSA) is 32.5 Å². The normalized spacial score (nSPS) is 22.5. The van der Waals surface area contributed by atoms with E-state index in [0.29, 0.717) is 0 Å². The second-order valence-electron chi connectivity index (χ2n) is 6.08. The predicted octanol–water partition coefficient (Wildman–Crippen LogP) is 2.24. The maximum Gasteiger partial charge on any atom is 0.0415 e. The molecule has 3 nitrogen and oxygen atoms in total. The van der Waals surface area contributed by atoms with Gasteiger partial charge >= 0.3 is 0 Å². The molecule has 3 heteroatoms. The van der Waals surface area contributed by atoms with Crippen LogP contribution in [0, 0.1) is 5.92 Å². The molecule has 1 heterocycles. The van der Waals surface area contributed by atoms with Crippen LogP contribution in [0.3, 0.4) is 0 Å². The minimum Gasteiger partial charge on any atom is -0.369 e. The Morgan fingerprint density at radius 3 is 2.47 bits per heavy atom. The molecular formula is C16H25N3. The molecule has 1 aliphatic heterocycles. The average Bonchev–Trinajstić information content (AvgIpc) is 3.23. The number of hydrogen-bond acceptors (Lipinski definition) is 3. The fraction of sp³-hybridized carbons (Fsp3) is 0.625. The van der Waals surface area contributed by atoms with Crippen molar-refractivity contribution in [2.45, 2.75) is 25.8 Å². The quantitative estimate of drug-likeness (QED) is 0.900. The highest BCUT2D eigenvalue weighted by Gasteiger charge is 2.26. The Bertz CT molecular complexity index is 418. The molecule has 19 heavy (non-hydrogen) atoms. The van der Waals surface area contributed by atoms with Crippen molar-refractivity contribution in [2.75, 3.05) is 37.6 Å². The van der Waals surface area contributed by atoms with Crippen LogP contribution >= 0.6 is 0 Å². The minimum atomic E-state index is 0.112. The SMILES string of the molecule is CC(N)c1ccccc1N1CCN(CC2CC2)CC1. The Morgan fingerprint density at radius 1 is 1.16 bits per heavy atom. The van der Waals surface area contributed by atoms with Crippen molar-refractivity contribution in [3.05, 3.63) is 29.8 Å². The van der Waals surface area contributed by atoms with E-state index in [9.17, 15) is 0 Å². The molecule has 1 atom stereocenters. The largest absolute Gasteiger partial charge is 0.369 e. The van der Waals surface area contributed by atoms with Crippen LogP contribution in [0.15, 0.2) is 24.3 Å². The molecule has 0 radical (unpaired) electrons. The molecule has 1 saturated heterocycles. The number of nitrogens with two attached hydrogens (primary N) is 1. The lowest BCUT2D eigenvalue weighted by molar-refractivity contribution is 0.248. The van der Waals surface area contributed by atoms with Crippen LogP contribution in [-0.2, 0) is 0 Å². The van der Waals surface area contributed by atoms with Crippen LogP contribution in [-0.4, -0.2) is 37.6 Å². The summed E-state index contributed by atoms with van der Waals surface area (Å²) < 4.78 is 0. The first-order valence-corrected chi connectivity index (χ1v) is 7.56. The standard InChI is InChI=1S/C16H25N3/c1-13(17)15-4-2-3-5-16(15)19-10-8-18(9-11-19)12-14-6-7-14/h2-5,13-14H,6-12,17H2,1H3. The zero-order valence-corrected chi connectivity index (χ0v) is 11.9. The Balaban J connectivity index is 1.64. The zero-order chi connectivity index (χ0) is 13.2. The summed E-state index contributed by atoms with van der Waals surface area (Å²) in [5.41, 5.74) is 8.70. The highest BCUT2D eigenvalue weighted by Crippen LogP contribution is 2.31. The summed E-state index contributed by atoms with van der Waals surface area (Å²) in [6.07, 6.45) is 2.90. The van der Waals surface area contributed by atoms with Crippen LogP contribution in [0.1, 0.15) is 31.4 Å². The van der Waals surface area contributed by atoms with Gasteiger partial charge in [0, 0.05) is 44.5 Å². The van der Waals surface area contributed by atoms with E-state index in [1.807, 2.05) is 0 Å². The van der Waals surface area contributed by atoms with Crippen molar-refractivity contribution < 1.29 is 0 Å². The van der Waals surface area contributed by atoms with Gasteiger partial charge in [0.1, 0.15) is 0 Å². The summed E-state index contributed by atoms with van der Waals surface area (Å²) in [6, 6.07) is 8.70. The van der Waals surface area contributed by atoms with Crippen LogP contribution in [0.25, 0.3) is 0 Å². The van der Waals surface area contributed by atoms with Gasteiger partial charge in [-0.3, -0.25) is 4.90 Å². The number of nitrogens with zero attached hydrogens (tertiary/aromatic N) is 2. The van der Waals surface area contributed by atoms with Crippen molar-refractivity contribution in [2.24, 2.45) is 11.7 Å². The molecule has 1 aliphatic carbocycles. The smallest absolute Gasteiger partial charge is 0.0415 e. The van der Waals surface area contributed by atoms with E-state index in [1.54, 1.807) is 0 Å². The van der Waals surface area contributed by atoms with E-state index in [1.165, 1.54) is 43.7 Å². The van der Waals surface area contributed by atoms with Gasteiger partial charge in [-0.05, 0) is 37.3 Å². The fourth-order valence-electron chi connectivity index (χ4n) is 3.00. The lowest BCUT2D eigenvalue weighted by atomic mass is 10.1. The van der Waals surface area contributed by atoms with Gasteiger partial charge in [0.2, 0.25) is 0 Å². The van der Waals surface area contributed by atoms with Crippen molar-refractivity contribution in [1.82, 2.24) is 4.90 Å². The van der Waals surface area contributed by atoms with E-state index in [4.69, 9.17) is 5.73 Å². The number of rotatable bonds is 4. The van der Waals surface area contributed by atoms with Gasteiger partial charge in [0.05, 0.1) is 0 Å². The lowest BCUT2D eigenvalue weighted by Crippen LogP contribution is -2.47. The third-order valence-electron chi connectivity index (χ3n) is 4.35. The number of para-hydroxylation sites is 1. The summed E-state index contributed by atoms with van der Waals surface area (Å²) in [6.45, 7) is 8.06. The Kier molecular flexibility index (Phi) is 3.76. The van der Waals surface area contributed by atoms with E-state index < -0.39 is 0 Å². The van der Waals surface area contributed by atoms with Gasteiger partial charge in [-0.15, -0.1) is 0 Å². The van der Waals surface area contributed by atoms with Gasteiger partial charge in [0.25, 0.3) is 0 Å². The number of anilines is 1. The highest BCUT2D eigenvalue weighted by atomic mass is 15.3. The molecule has 2 fully saturated rings. The van der Waals surface area contributed by atoms with Gasteiger partial charge in [0.15, 0.2) is 0 Å². The third kappa shape index (κ3) is 3.10. The summed E-state index contributed by atoms with van der Waals surface area (Å²) in [5, 5.41) is 0. The summed E-state index contributed by atoms with van der Waals surface area (Å²) in [7, 11) is 0. The molecular weight excluding hydrogens is 234 g/mol. The van der Waals surface area contributed by atoms with Crippen LogP contribution in [0.4, 0.5) is 5.69 Å². The number of benzene rings is 1. The fourth-order valence-corrected chi connectivity index (χ4v) is 3.00. The molecule has 2 N–H and O–H groups in total.